The molecule has 0 fully saturated rings. The fourth-order valence-electron chi connectivity index (χ4n) is 3.25. The molecule has 0 saturated carbocycles. The number of hydrogen-bond donors (Lipinski definition) is 3. The molecule has 35 heavy (non-hydrogen) atoms. The Morgan fingerprint density at radius 3 is 2.14 bits per heavy atom. The fourth-order valence-corrected chi connectivity index (χ4v) is 3.25. The van der Waals surface area contributed by atoms with E-state index < -0.39 is 17.8 Å². The van der Waals surface area contributed by atoms with Crippen LogP contribution in [0.2, 0.25) is 0 Å². The van der Waals surface area contributed by atoms with Crippen LogP contribution in [0.25, 0.3) is 6.08 Å². The molecule has 0 heterocycles. The Morgan fingerprint density at radius 1 is 0.800 bits per heavy atom. The van der Waals surface area contributed by atoms with Crippen LogP contribution in [0.1, 0.15) is 26.3 Å². The van der Waals surface area contributed by atoms with Crippen LogP contribution in [0, 0.1) is 0 Å². The first kappa shape index (κ1) is 24.8. The van der Waals surface area contributed by atoms with Crippen molar-refractivity contribution >= 4 is 29.5 Å². The maximum absolute atomic E-state index is 13.3. The Morgan fingerprint density at radius 2 is 1.51 bits per heavy atom. The number of carbonyl (C=O) groups is 3. The van der Waals surface area contributed by atoms with E-state index in [0.717, 1.165) is 0 Å². The van der Waals surface area contributed by atoms with E-state index in [1.165, 1.54) is 45.6 Å². The summed E-state index contributed by atoms with van der Waals surface area (Å²) in [6.45, 7) is 0. The highest BCUT2D eigenvalue weighted by Gasteiger charge is 2.19. The average Bonchev–Trinajstić information content (AvgIpc) is 2.88. The number of carboxylic acids is 1. The number of aromatic carboxylic acids is 1. The second-order valence-corrected chi connectivity index (χ2v) is 7.14. The summed E-state index contributed by atoms with van der Waals surface area (Å²) in [6.07, 6.45) is 1.44. The van der Waals surface area contributed by atoms with Crippen molar-refractivity contribution in [3.8, 4) is 17.2 Å². The minimum Gasteiger partial charge on any atom is -0.495 e. The number of amides is 2. The summed E-state index contributed by atoms with van der Waals surface area (Å²) in [6, 6.07) is 17.5. The van der Waals surface area contributed by atoms with Crippen molar-refractivity contribution < 1.29 is 33.7 Å². The van der Waals surface area contributed by atoms with Gasteiger partial charge in [-0.3, -0.25) is 9.59 Å². The summed E-state index contributed by atoms with van der Waals surface area (Å²) in [5.41, 5.74) is 0.767. The molecule has 0 bridgehead atoms. The Hall–Kier alpha value is -4.79. The number of carbonyl (C=O) groups excluding carboxylic acids is 2. The zero-order chi connectivity index (χ0) is 25.4. The predicted molar refractivity (Wildman–Crippen MR) is 130 cm³/mol. The Bertz CT molecular complexity index is 1270. The summed E-state index contributed by atoms with van der Waals surface area (Å²) in [5, 5.41) is 14.6. The van der Waals surface area contributed by atoms with Gasteiger partial charge in [0.2, 0.25) is 0 Å². The smallest absolute Gasteiger partial charge is 0.335 e. The zero-order valence-corrected chi connectivity index (χ0v) is 19.3. The number of anilines is 1. The first-order chi connectivity index (χ1) is 16.9. The second kappa shape index (κ2) is 11.4. The van der Waals surface area contributed by atoms with Crippen molar-refractivity contribution in [3.63, 3.8) is 0 Å². The molecule has 0 aromatic heterocycles. The average molecular weight is 476 g/mol. The minimum atomic E-state index is -1.17. The standard InChI is InChI=1S/C26H24N2O7/c1-33-21-13-12-18(26(31)32)15-19(21)27-25(30)20(28-24(29)16-8-5-4-6-9-16)14-17-10-7-11-22(34-2)23(17)35-3/h4-15H,1-3H3,(H,27,30)(H,28,29)(H,31,32)/b20-14-. The number of rotatable bonds is 9. The Labute approximate surface area is 201 Å². The first-order valence-electron chi connectivity index (χ1n) is 10.4. The molecule has 0 saturated heterocycles. The van der Waals surface area contributed by atoms with E-state index in [0.29, 0.717) is 22.6 Å². The summed E-state index contributed by atoms with van der Waals surface area (Å²) in [7, 11) is 4.33. The van der Waals surface area contributed by atoms with Gasteiger partial charge in [-0.2, -0.15) is 0 Å². The van der Waals surface area contributed by atoms with Crippen LogP contribution in [0.3, 0.4) is 0 Å². The third-order valence-corrected chi connectivity index (χ3v) is 4.96. The second-order valence-electron chi connectivity index (χ2n) is 7.14. The summed E-state index contributed by atoms with van der Waals surface area (Å²) in [5.74, 6) is -1.35. The van der Waals surface area contributed by atoms with E-state index in [4.69, 9.17) is 14.2 Å². The maximum atomic E-state index is 13.3. The molecule has 3 N–H and O–H groups in total. The number of para-hydroxylation sites is 1. The topological polar surface area (TPSA) is 123 Å². The highest BCUT2D eigenvalue weighted by atomic mass is 16.5. The van der Waals surface area contributed by atoms with Gasteiger partial charge < -0.3 is 30.0 Å². The lowest BCUT2D eigenvalue weighted by atomic mass is 10.1. The fraction of sp³-hybridized carbons (Fsp3) is 0.115. The van der Waals surface area contributed by atoms with Gasteiger partial charge in [-0.1, -0.05) is 30.3 Å². The van der Waals surface area contributed by atoms with Crippen molar-refractivity contribution in [3.05, 3.63) is 89.1 Å². The van der Waals surface area contributed by atoms with Gasteiger partial charge in [0.25, 0.3) is 11.8 Å². The van der Waals surface area contributed by atoms with Crippen LogP contribution in [0.4, 0.5) is 5.69 Å². The first-order valence-corrected chi connectivity index (χ1v) is 10.4. The third kappa shape index (κ3) is 5.97. The van der Waals surface area contributed by atoms with E-state index in [1.54, 1.807) is 48.5 Å². The molecule has 0 aliphatic rings. The number of carboxylic acid groups (broad SMARTS) is 1. The molecule has 3 aromatic carbocycles. The number of ether oxygens (including phenoxy) is 3. The van der Waals surface area contributed by atoms with Crippen LogP contribution in [-0.4, -0.2) is 44.2 Å². The lowest BCUT2D eigenvalue weighted by Gasteiger charge is -2.15. The molecule has 3 aromatic rings. The van der Waals surface area contributed by atoms with Crippen LogP contribution in [0.15, 0.2) is 72.4 Å². The van der Waals surface area contributed by atoms with E-state index in [-0.39, 0.29) is 22.7 Å². The molecule has 3 rings (SSSR count). The van der Waals surface area contributed by atoms with Crippen molar-refractivity contribution in [1.29, 1.82) is 0 Å². The van der Waals surface area contributed by atoms with Gasteiger partial charge in [-0.15, -0.1) is 0 Å². The number of hydrogen-bond acceptors (Lipinski definition) is 6. The van der Waals surface area contributed by atoms with Gasteiger partial charge in [-0.05, 0) is 42.5 Å². The summed E-state index contributed by atoms with van der Waals surface area (Å²) in [4.78, 5) is 37.6. The van der Waals surface area contributed by atoms with Gasteiger partial charge in [0.15, 0.2) is 11.5 Å². The van der Waals surface area contributed by atoms with Crippen molar-refractivity contribution in [1.82, 2.24) is 5.32 Å². The lowest BCUT2D eigenvalue weighted by Crippen LogP contribution is -2.31. The van der Waals surface area contributed by atoms with Crippen molar-refractivity contribution in [2.75, 3.05) is 26.6 Å². The molecule has 9 nitrogen and oxygen atoms in total. The molecule has 0 atom stereocenters. The highest BCUT2D eigenvalue weighted by molar-refractivity contribution is 6.11. The van der Waals surface area contributed by atoms with Gasteiger partial charge in [0.1, 0.15) is 11.4 Å². The van der Waals surface area contributed by atoms with Crippen molar-refractivity contribution in [2.24, 2.45) is 0 Å². The highest BCUT2D eigenvalue weighted by Crippen LogP contribution is 2.32. The van der Waals surface area contributed by atoms with Crippen LogP contribution in [-0.2, 0) is 4.79 Å². The molecule has 0 radical (unpaired) electrons. The quantitative estimate of drug-likeness (QED) is 0.401. The van der Waals surface area contributed by atoms with E-state index in [2.05, 4.69) is 10.6 Å². The van der Waals surface area contributed by atoms with Gasteiger partial charge in [0.05, 0.1) is 32.6 Å². The monoisotopic (exact) mass is 476 g/mol. The molecular formula is C26H24N2O7. The van der Waals surface area contributed by atoms with E-state index in [9.17, 15) is 19.5 Å². The number of benzene rings is 3. The largest absolute Gasteiger partial charge is 0.495 e. The van der Waals surface area contributed by atoms with Crippen LogP contribution in [0.5, 0.6) is 17.2 Å². The Balaban J connectivity index is 2.04. The SMILES string of the molecule is COc1ccc(C(=O)O)cc1NC(=O)/C(=C/c1cccc(OC)c1OC)NC(=O)c1ccccc1. The van der Waals surface area contributed by atoms with Gasteiger partial charge >= 0.3 is 5.97 Å². The molecule has 0 aliphatic carbocycles. The van der Waals surface area contributed by atoms with E-state index in [1.807, 2.05) is 0 Å². The normalized spacial score (nSPS) is 10.8. The van der Waals surface area contributed by atoms with Gasteiger partial charge in [0, 0.05) is 11.1 Å². The summed E-state index contributed by atoms with van der Waals surface area (Å²) < 4.78 is 16.0. The van der Waals surface area contributed by atoms with Gasteiger partial charge in [-0.25, -0.2) is 4.79 Å². The molecule has 0 aliphatic heterocycles. The molecule has 0 spiro atoms. The minimum absolute atomic E-state index is 0.0468. The van der Waals surface area contributed by atoms with Crippen LogP contribution < -0.4 is 24.8 Å². The number of nitrogens with one attached hydrogen (secondary N) is 2. The molecule has 0 unspecified atom stereocenters. The molecule has 180 valence electrons. The zero-order valence-electron chi connectivity index (χ0n) is 19.3. The number of methoxy groups -OCH3 is 3. The molecule has 9 heteroatoms. The lowest BCUT2D eigenvalue weighted by molar-refractivity contribution is -0.113. The summed E-state index contributed by atoms with van der Waals surface area (Å²) >= 11 is 0. The van der Waals surface area contributed by atoms with Crippen molar-refractivity contribution in [2.45, 2.75) is 0 Å². The van der Waals surface area contributed by atoms with E-state index >= 15 is 0 Å². The third-order valence-electron chi connectivity index (χ3n) is 4.96. The maximum Gasteiger partial charge on any atom is 0.335 e. The Kier molecular flexibility index (Phi) is 8.07. The molecule has 2 amide bonds. The van der Waals surface area contributed by atoms with Crippen LogP contribution >= 0.6 is 0 Å². The predicted octanol–water partition coefficient (Wildman–Crippen LogP) is 3.82. The molecular weight excluding hydrogens is 452 g/mol.